The van der Waals surface area contributed by atoms with Gasteiger partial charge in [-0.15, -0.1) is 0 Å². The number of aryl methyl sites for hydroxylation is 1. The van der Waals surface area contributed by atoms with Gasteiger partial charge in [0.1, 0.15) is 5.82 Å². The summed E-state index contributed by atoms with van der Waals surface area (Å²) in [4.78, 5) is 15.6. The van der Waals surface area contributed by atoms with Gasteiger partial charge in [0.25, 0.3) is 0 Å². The number of anilines is 1. The Hall–Kier alpha value is -1.01. The van der Waals surface area contributed by atoms with Crippen molar-refractivity contribution < 1.29 is 4.79 Å². The van der Waals surface area contributed by atoms with Crippen molar-refractivity contribution >= 4 is 22.6 Å². The van der Waals surface area contributed by atoms with Crippen LogP contribution in [0.2, 0.25) is 0 Å². The molecular formula is C10H16N4OS. The fourth-order valence-corrected chi connectivity index (χ4v) is 2.47. The second kappa shape index (κ2) is 5.36. The molecule has 0 radical (unpaired) electrons. The molecule has 88 valence electrons. The second-order valence-electron chi connectivity index (χ2n) is 4.06. The van der Waals surface area contributed by atoms with Gasteiger partial charge in [-0.2, -0.15) is 4.37 Å². The van der Waals surface area contributed by atoms with E-state index in [9.17, 15) is 4.79 Å². The van der Waals surface area contributed by atoms with Gasteiger partial charge in [0.2, 0.25) is 11.0 Å². The molecule has 0 atom stereocenters. The van der Waals surface area contributed by atoms with Crippen LogP contribution in [0.1, 0.15) is 31.5 Å². The Labute approximate surface area is 98.8 Å². The maximum atomic E-state index is 11.5. The lowest BCUT2D eigenvalue weighted by Gasteiger charge is -2.10. The quantitative estimate of drug-likeness (QED) is 0.833. The van der Waals surface area contributed by atoms with Gasteiger partial charge in [0, 0.05) is 17.6 Å². The van der Waals surface area contributed by atoms with Crippen LogP contribution in [-0.2, 0) is 4.79 Å². The van der Waals surface area contributed by atoms with Crippen LogP contribution >= 0.6 is 11.5 Å². The molecule has 0 unspecified atom stereocenters. The van der Waals surface area contributed by atoms with E-state index in [1.165, 1.54) is 37.2 Å². The third-order valence-corrected chi connectivity index (χ3v) is 3.40. The van der Waals surface area contributed by atoms with Crippen LogP contribution in [0.25, 0.3) is 0 Å². The van der Waals surface area contributed by atoms with Gasteiger partial charge in [-0.05, 0) is 19.8 Å². The minimum absolute atomic E-state index is 0.0388. The maximum Gasteiger partial charge on any atom is 0.240 e. The third kappa shape index (κ3) is 3.24. The lowest BCUT2D eigenvalue weighted by atomic mass is 10.2. The lowest BCUT2D eigenvalue weighted by Crippen LogP contribution is -2.34. The van der Waals surface area contributed by atoms with E-state index in [1.807, 2.05) is 6.92 Å². The van der Waals surface area contributed by atoms with Crippen LogP contribution in [0.15, 0.2) is 0 Å². The standard InChI is InChI=1S/C10H16N4OS/c1-7-12-10(16-14-7)13-9(15)6-11-8-4-2-3-5-8/h8,11H,2-6H2,1H3,(H,12,13,14,15). The number of hydrogen-bond acceptors (Lipinski definition) is 5. The highest BCUT2D eigenvalue weighted by molar-refractivity contribution is 7.09. The Morgan fingerprint density at radius 3 is 2.88 bits per heavy atom. The smallest absolute Gasteiger partial charge is 0.240 e. The van der Waals surface area contributed by atoms with E-state index < -0.39 is 0 Å². The second-order valence-corrected chi connectivity index (χ2v) is 4.81. The number of rotatable bonds is 4. The summed E-state index contributed by atoms with van der Waals surface area (Å²) in [5.74, 6) is 0.659. The lowest BCUT2D eigenvalue weighted by molar-refractivity contribution is -0.115. The average molecular weight is 240 g/mol. The van der Waals surface area contributed by atoms with Crippen molar-refractivity contribution in [3.05, 3.63) is 5.82 Å². The number of hydrogen-bond donors (Lipinski definition) is 2. The molecule has 1 aliphatic carbocycles. The van der Waals surface area contributed by atoms with E-state index in [0.29, 0.717) is 23.5 Å². The zero-order valence-corrected chi connectivity index (χ0v) is 10.1. The van der Waals surface area contributed by atoms with Crippen molar-refractivity contribution in [2.75, 3.05) is 11.9 Å². The molecule has 1 aliphatic rings. The highest BCUT2D eigenvalue weighted by Crippen LogP contribution is 2.17. The summed E-state index contributed by atoms with van der Waals surface area (Å²) in [6, 6.07) is 0.516. The topological polar surface area (TPSA) is 66.9 Å². The van der Waals surface area contributed by atoms with Crippen molar-refractivity contribution in [2.24, 2.45) is 0 Å². The van der Waals surface area contributed by atoms with Gasteiger partial charge >= 0.3 is 0 Å². The third-order valence-electron chi connectivity index (χ3n) is 2.68. The van der Waals surface area contributed by atoms with Gasteiger partial charge in [-0.3, -0.25) is 10.1 Å². The highest BCUT2D eigenvalue weighted by atomic mass is 32.1. The largest absolute Gasteiger partial charge is 0.306 e. The number of aromatic nitrogens is 2. The average Bonchev–Trinajstić information content (AvgIpc) is 2.87. The van der Waals surface area contributed by atoms with Gasteiger partial charge in [0.15, 0.2) is 0 Å². The fourth-order valence-electron chi connectivity index (χ4n) is 1.88. The molecule has 0 aromatic carbocycles. The summed E-state index contributed by atoms with van der Waals surface area (Å²) in [6.45, 7) is 2.17. The Balaban J connectivity index is 1.71. The first-order chi connectivity index (χ1) is 7.74. The number of amides is 1. The van der Waals surface area contributed by atoms with Crippen molar-refractivity contribution in [1.82, 2.24) is 14.7 Å². The molecule has 0 bridgehead atoms. The first-order valence-electron chi connectivity index (χ1n) is 5.57. The molecule has 1 aromatic rings. The number of carbonyl (C=O) groups is 1. The molecule has 1 heterocycles. The molecule has 2 N–H and O–H groups in total. The normalized spacial score (nSPS) is 16.6. The number of carbonyl (C=O) groups excluding carboxylic acids is 1. The van der Waals surface area contributed by atoms with Crippen LogP contribution in [0, 0.1) is 6.92 Å². The zero-order valence-electron chi connectivity index (χ0n) is 9.32. The Bertz CT molecular complexity index is 359. The molecule has 0 aliphatic heterocycles. The van der Waals surface area contributed by atoms with Gasteiger partial charge in [-0.1, -0.05) is 12.8 Å². The summed E-state index contributed by atoms with van der Waals surface area (Å²) >= 11 is 1.22. The predicted molar refractivity (Wildman–Crippen MR) is 63.5 cm³/mol. The van der Waals surface area contributed by atoms with Crippen LogP contribution in [0.4, 0.5) is 5.13 Å². The van der Waals surface area contributed by atoms with Crippen LogP contribution in [0.3, 0.4) is 0 Å². The van der Waals surface area contributed by atoms with Gasteiger partial charge in [-0.25, -0.2) is 4.98 Å². The number of nitrogens with zero attached hydrogens (tertiary/aromatic N) is 2. The van der Waals surface area contributed by atoms with Crippen molar-refractivity contribution in [3.63, 3.8) is 0 Å². The van der Waals surface area contributed by atoms with Gasteiger partial charge < -0.3 is 5.32 Å². The van der Waals surface area contributed by atoms with E-state index in [-0.39, 0.29) is 5.91 Å². The molecule has 1 saturated carbocycles. The SMILES string of the molecule is Cc1nsc(NC(=O)CNC2CCCC2)n1. The Kier molecular flexibility index (Phi) is 3.84. The molecule has 1 amide bonds. The van der Waals surface area contributed by atoms with E-state index in [2.05, 4.69) is 20.0 Å². The molecule has 0 spiro atoms. The maximum absolute atomic E-state index is 11.5. The van der Waals surface area contributed by atoms with E-state index in [0.717, 1.165) is 0 Å². The zero-order chi connectivity index (χ0) is 11.4. The summed E-state index contributed by atoms with van der Waals surface area (Å²) in [5.41, 5.74) is 0. The van der Waals surface area contributed by atoms with E-state index >= 15 is 0 Å². The van der Waals surface area contributed by atoms with Crippen molar-refractivity contribution in [1.29, 1.82) is 0 Å². The van der Waals surface area contributed by atoms with Gasteiger partial charge in [0.05, 0.1) is 6.54 Å². The van der Waals surface area contributed by atoms with E-state index in [1.54, 1.807) is 0 Å². The van der Waals surface area contributed by atoms with Crippen LogP contribution in [-0.4, -0.2) is 27.9 Å². The molecule has 2 rings (SSSR count). The minimum Gasteiger partial charge on any atom is -0.306 e. The first-order valence-corrected chi connectivity index (χ1v) is 6.35. The fraction of sp³-hybridized carbons (Fsp3) is 0.700. The molecule has 1 fully saturated rings. The first kappa shape index (κ1) is 11.5. The van der Waals surface area contributed by atoms with Crippen molar-refractivity contribution in [2.45, 2.75) is 38.6 Å². The molecule has 16 heavy (non-hydrogen) atoms. The molecule has 0 saturated heterocycles. The molecular weight excluding hydrogens is 224 g/mol. The predicted octanol–water partition coefficient (Wildman–Crippen LogP) is 1.32. The van der Waals surface area contributed by atoms with E-state index in [4.69, 9.17) is 0 Å². The van der Waals surface area contributed by atoms with Crippen molar-refractivity contribution in [3.8, 4) is 0 Å². The van der Waals surface area contributed by atoms with Crippen LogP contribution < -0.4 is 10.6 Å². The molecule has 1 aromatic heterocycles. The Morgan fingerprint density at radius 2 is 2.25 bits per heavy atom. The Morgan fingerprint density at radius 1 is 1.50 bits per heavy atom. The number of nitrogens with one attached hydrogen (secondary N) is 2. The summed E-state index contributed by atoms with van der Waals surface area (Å²) in [5, 5.41) is 6.56. The summed E-state index contributed by atoms with van der Waals surface area (Å²) in [6.07, 6.45) is 4.92. The summed E-state index contributed by atoms with van der Waals surface area (Å²) < 4.78 is 4.00. The minimum atomic E-state index is -0.0388. The molecule has 6 heteroatoms. The molecule has 5 nitrogen and oxygen atoms in total. The highest BCUT2D eigenvalue weighted by Gasteiger charge is 2.15. The monoisotopic (exact) mass is 240 g/mol. The van der Waals surface area contributed by atoms with Crippen LogP contribution in [0.5, 0.6) is 0 Å². The summed E-state index contributed by atoms with van der Waals surface area (Å²) in [7, 11) is 0.